The van der Waals surface area contributed by atoms with Gasteiger partial charge in [0.05, 0.1) is 12.3 Å². The first-order chi connectivity index (χ1) is 13.1. The number of pyridine rings is 1. The highest BCUT2D eigenvalue weighted by molar-refractivity contribution is 5.71. The number of likely N-dealkylation sites (tertiary alicyclic amines) is 1. The molecule has 0 aliphatic carbocycles. The molecule has 27 heavy (non-hydrogen) atoms. The van der Waals surface area contributed by atoms with Gasteiger partial charge in [0.2, 0.25) is 0 Å². The average molecular weight is 371 g/mol. The van der Waals surface area contributed by atoms with E-state index in [1.165, 1.54) is 6.34 Å². The van der Waals surface area contributed by atoms with Crippen LogP contribution in [-0.4, -0.2) is 61.0 Å². The highest BCUT2D eigenvalue weighted by Crippen LogP contribution is 2.30. The van der Waals surface area contributed by atoms with Gasteiger partial charge >= 0.3 is 5.97 Å². The molecule has 0 saturated carbocycles. The van der Waals surface area contributed by atoms with Gasteiger partial charge in [-0.15, -0.1) is 5.10 Å². The standard InChI is InChI=1S/C18H25N7O2/c1-2-3-14(18(26)27)15(17-21-23-24-22-17)8-12-4-5-16(20-9-12)13-6-7-25(10-13)11-19/h4-5,9,11,13-15,19H,2-3,6-8,10H2,1H3,(H,26,27)(H,21,22,23,24)/t13?,14-,15-/m0/s1. The SMILES string of the molecule is CCC[C@H](C(=O)O)[C@H](Cc1ccc(C2CCN(C=N)C2)nc1)c1nnn[nH]1. The van der Waals surface area contributed by atoms with Crippen LogP contribution in [0.3, 0.4) is 0 Å². The Morgan fingerprint density at radius 1 is 1.52 bits per heavy atom. The Morgan fingerprint density at radius 3 is 2.93 bits per heavy atom. The maximum Gasteiger partial charge on any atom is 0.307 e. The number of tetrazole rings is 1. The molecule has 3 heterocycles. The summed E-state index contributed by atoms with van der Waals surface area (Å²) in [5, 5.41) is 31.0. The molecule has 0 spiro atoms. The summed E-state index contributed by atoms with van der Waals surface area (Å²) in [6.07, 6.45) is 6.05. The minimum atomic E-state index is -0.833. The predicted molar refractivity (Wildman–Crippen MR) is 98.6 cm³/mol. The van der Waals surface area contributed by atoms with Crippen LogP contribution in [0.25, 0.3) is 0 Å². The van der Waals surface area contributed by atoms with E-state index in [1.54, 1.807) is 0 Å². The molecule has 9 nitrogen and oxygen atoms in total. The number of aromatic nitrogens is 5. The lowest BCUT2D eigenvalue weighted by Crippen LogP contribution is -2.25. The van der Waals surface area contributed by atoms with Crippen molar-refractivity contribution >= 4 is 12.3 Å². The molecule has 2 aromatic heterocycles. The van der Waals surface area contributed by atoms with Crippen molar-refractivity contribution in [1.82, 2.24) is 30.5 Å². The Morgan fingerprint density at radius 2 is 2.37 bits per heavy atom. The number of carboxylic acid groups (broad SMARTS) is 1. The maximum absolute atomic E-state index is 11.8. The van der Waals surface area contributed by atoms with E-state index in [-0.39, 0.29) is 5.92 Å². The van der Waals surface area contributed by atoms with Gasteiger partial charge in [-0.25, -0.2) is 5.10 Å². The van der Waals surface area contributed by atoms with Crippen molar-refractivity contribution < 1.29 is 9.90 Å². The number of rotatable bonds is 9. The van der Waals surface area contributed by atoms with Gasteiger partial charge in [-0.2, -0.15) is 0 Å². The Kier molecular flexibility index (Phi) is 6.10. The lowest BCUT2D eigenvalue weighted by atomic mass is 9.83. The van der Waals surface area contributed by atoms with E-state index in [0.29, 0.717) is 24.6 Å². The third-order valence-electron chi connectivity index (χ3n) is 5.24. The fraction of sp³-hybridized carbons (Fsp3) is 0.556. The quantitative estimate of drug-likeness (QED) is 0.452. The average Bonchev–Trinajstić information content (AvgIpc) is 3.36. The van der Waals surface area contributed by atoms with Crippen molar-refractivity contribution in [3.8, 4) is 0 Å². The third kappa shape index (κ3) is 4.47. The molecule has 1 aliphatic rings. The lowest BCUT2D eigenvalue weighted by Gasteiger charge is -2.21. The Labute approximate surface area is 157 Å². The summed E-state index contributed by atoms with van der Waals surface area (Å²) in [5.74, 6) is -0.884. The number of carbonyl (C=O) groups is 1. The Bertz CT molecular complexity index is 748. The van der Waals surface area contributed by atoms with Crippen LogP contribution in [0, 0.1) is 11.3 Å². The molecule has 1 unspecified atom stereocenters. The van der Waals surface area contributed by atoms with Crippen LogP contribution < -0.4 is 0 Å². The summed E-state index contributed by atoms with van der Waals surface area (Å²) in [4.78, 5) is 18.4. The molecule has 3 atom stereocenters. The van der Waals surface area contributed by atoms with E-state index in [2.05, 4.69) is 25.6 Å². The van der Waals surface area contributed by atoms with E-state index in [1.807, 2.05) is 30.2 Å². The van der Waals surface area contributed by atoms with Gasteiger partial charge in [-0.05, 0) is 41.3 Å². The molecule has 0 aromatic carbocycles. The van der Waals surface area contributed by atoms with Gasteiger partial charge < -0.3 is 10.0 Å². The van der Waals surface area contributed by atoms with Crippen molar-refractivity contribution in [2.24, 2.45) is 5.92 Å². The van der Waals surface area contributed by atoms with E-state index < -0.39 is 11.9 Å². The van der Waals surface area contributed by atoms with Crippen LogP contribution in [-0.2, 0) is 11.2 Å². The third-order valence-corrected chi connectivity index (χ3v) is 5.24. The molecule has 1 saturated heterocycles. The second-order valence-electron chi connectivity index (χ2n) is 7.03. The van der Waals surface area contributed by atoms with Crippen molar-refractivity contribution in [1.29, 1.82) is 5.41 Å². The zero-order valence-corrected chi connectivity index (χ0v) is 15.4. The van der Waals surface area contributed by atoms with E-state index in [0.717, 1.165) is 37.2 Å². The molecule has 1 aliphatic heterocycles. The van der Waals surface area contributed by atoms with Crippen molar-refractivity contribution in [3.05, 3.63) is 35.4 Å². The Hall–Kier alpha value is -2.84. The second kappa shape index (κ2) is 8.70. The largest absolute Gasteiger partial charge is 0.481 e. The summed E-state index contributed by atoms with van der Waals surface area (Å²) in [5.41, 5.74) is 1.98. The van der Waals surface area contributed by atoms with Crippen LogP contribution in [0.2, 0.25) is 0 Å². The fourth-order valence-electron chi connectivity index (χ4n) is 3.76. The van der Waals surface area contributed by atoms with Crippen LogP contribution in [0.4, 0.5) is 0 Å². The van der Waals surface area contributed by atoms with Crippen LogP contribution in [0.15, 0.2) is 18.3 Å². The van der Waals surface area contributed by atoms with Gasteiger partial charge in [0, 0.05) is 36.8 Å². The molecular formula is C18H25N7O2. The highest BCUT2D eigenvalue weighted by atomic mass is 16.4. The monoisotopic (exact) mass is 371 g/mol. The van der Waals surface area contributed by atoms with E-state index in [9.17, 15) is 9.90 Å². The molecule has 3 N–H and O–H groups in total. The minimum Gasteiger partial charge on any atom is -0.481 e. The predicted octanol–water partition coefficient (Wildman–Crippen LogP) is 1.82. The van der Waals surface area contributed by atoms with Crippen molar-refractivity contribution in [2.45, 2.75) is 44.4 Å². The number of nitrogens with one attached hydrogen (secondary N) is 2. The number of aliphatic carboxylic acids is 1. The van der Waals surface area contributed by atoms with Gasteiger partial charge in [0.1, 0.15) is 0 Å². The first-order valence-corrected chi connectivity index (χ1v) is 9.28. The molecule has 3 rings (SSSR count). The first kappa shape index (κ1) is 18.9. The molecule has 0 radical (unpaired) electrons. The zero-order chi connectivity index (χ0) is 19.2. The molecule has 144 valence electrons. The summed E-state index contributed by atoms with van der Waals surface area (Å²) in [6, 6.07) is 4.02. The summed E-state index contributed by atoms with van der Waals surface area (Å²) in [6.45, 7) is 3.68. The summed E-state index contributed by atoms with van der Waals surface area (Å²) in [7, 11) is 0. The summed E-state index contributed by atoms with van der Waals surface area (Å²) < 4.78 is 0. The number of H-pyrrole nitrogens is 1. The molecular weight excluding hydrogens is 346 g/mol. The first-order valence-electron chi connectivity index (χ1n) is 9.28. The van der Waals surface area contributed by atoms with Gasteiger partial charge in [0.15, 0.2) is 5.82 Å². The highest BCUT2D eigenvalue weighted by Gasteiger charge is 2.31. The molecule has 0 amide bonds. The topological polar surface area (TPSA) is 132 Å². The fourth-order valence-corrected chi connectivity index (χ4v) is 3.76. The van der Waals surface area contributed by atoms with Gasteiger partial charge in [-0.1, -0.05) is 19.4 Å². The van der Waals surface area contributed by atoms with E-state index >= 15 is 0 Å². The lowest BCUT2D eigenvalue weighted by molar-refractivity contribution is -0.142. The molecule has 1 fully saturated rings. The smallest absolute Gasteiger partial charge is 0.307 e. The van der Waals surface area contributed by atoms with Crippen LogP contribution in [0.5, 0.6) is 0 Å². The number of carboxylic acids is 1. The van der Waals surface area contributed by atoms with Crippen molar-refractivity contribution in [2.75, 3.05) is 13.1 Å². The molecule has 2 aromatic rings. The van der Waals surface area contributed by atoms with Crippen LogP contribution in [0.1, 0.15) is 55.1 Å². The number of hydrogen-bond acceptors (Lipinski definition) is 6. The number of hydrogen-bond donors (Lipinski definition) is 3. The number of aromatic amines is 1. The normalized spacial score (nSPS) is 19.0. The van der Waals surface area contributed by atoms with Crippen LogP contribution >= 0.6 is 0 Å². The van der Waals surface area contributed by atoms with Gasteiger partial charge in [0.25, 0.3) is 0 Å². The van der Waals surface area contributed by atoms with Crippen molar-refractivity contribution in [3.63, 3.8) is 0 Å². The van der Waals surface area contributed by atoms with E-state index in [4.69, 9.17) is 5.41 Å². The zero-order valence-electron chi connectivity index (χ0n) is 15.4. The Balaban J connectivity index is 1.76. The molecule has 0 bridgehead atoms. The number of nitrogens with zero attached hydrogens (tertiary/aromatic N) is 5. The second-order valence-corrected chi connectivity index (χ2v) is 7.03. The molecule has 9 heteroatoms. The van der Waals surface area contributed by atoms with Gasteiger partial charge in [-0.3, -0.25) is 15.2 Å². The summed E-state index contributed by atoms with van der Waals surface area (Å²) >= 11 is 0. The minimum absolute atomic E-state index is 0.329. The maximum atomic E-state index is 11.8.